The molecule has 0 spiro atoms. The molecule has 3 N–H and O–H groups in total. The van der Waals surface area contributed by atoms with E-state index >= 15 is 0 Å². The summed E-state index contributed by atoms with van der Waals surface area (Å²) in [5.74, 6) is 0.884. The monoisotopic (exact) mass is 427 g/mol. The first-order chi connectivity index (χ1) is 14.7. The van der Waals surface area contributed by atoms with E-state index in [9.17, 15) is 14.7 Å². The van der Waals surface area contributed by atoms with Crippen molar-refractivity contribution >= 4 is 16.9 Å². The Balaban J connectivity index is 1.95. The predicted molar refractivity (Wildman–Crippen MR) is 119 cm³/mol. The molecule has 1 aliphatic heterocycles. The van der Waals surface area contributed by atoms with Crippen molar-refractivity contribution in [1.29, 1.82) is 0 Å². The van der Waals surface area contributed by atoms with Crippen molar-refractivity contribution in [1.82, 2.24) is 23.7 Å². The summed E-state index contributed by atoms with van der Waals surface area (Å²) in [6.45, 7) is 7.35. The molecule has 10 heteroatoms. The zero-order valence-electron chi connectivity index (χ0n) is 18.4. The fraction of sp³-hybridized carbons (Fsp3) is 0.524. The van der Waals surface area contributed by atoms with Crippen molar-refractivity contribution in [2.24, 2.45) is 12.8 Å². The van der Waals surface area contributed by atoms with Crippen LogP contribution in [0.25, 0.3) is 11.0 Å². The van der Waals surface area contributed by atoms with Gasteiger partial charge in [0.15, 0.2) is 11.6 Å². The molecule has 0 saturated carbocycles. The Morgan fingerprint density at radius 2 is 1.84 bits per heavy atom. The zero-order valence-corrected chi connectivity index (χ0v) is 18.4. The molecule has 31 heavy (non-hydrogen) atoms. The highest BCUT2D eigenvalue weighted by molar-refractivity contribution is 5.90. The normalized spacial score (nSPS) is 16.9. The molecular weight excluding hydrogens is 398 g/mol. The zero-order chi connectivity index (χ0) is 22.4. The number of aromatic hydroxyl groups is 1. The van der Waals surface area contributed by atoms with Gasteiger partial charge in [0, 0.05) is 44.1 Å². The fourth-order valence-corrected chi connectivity index (χ4v) is 4.59. The molecule has 0 aromatic carbocycles. The van der Waals surface area contributed by atoms with Crippen molar-refractivity contribution in [2.75, 3.05) is 18.0 Å². The van der Waals surface area contributed by atoms with Gasteiger partial charge in [-0.3, -0.25) is 13.9 Å². The van der Waals surface area contributed by atoms with Crippen LogP contribution in [0.1, 0.15) is 37.0 Å². The Kier molecular flexibility index (Phi) is 5.34. The standard InChI is InChI=1S/C21H29N7O3/c1-5-27-17-16(18(29)19(27)26-8-6-7-14(22)10-26)25(4)21(31)28(20(17)30)11-15-23-12(2)9-13(3)24-15/h9,14,29H,5-8,10-11,22H2,1-4H3/t14-/m1/s1. The van der Waals surface area contributed by atoms with Crippen LogP contribution in [0.15, 0.2) is 15.7 Å². The minimum absolute atomic E-state index is 0.00125. The maximum Gasteiger partial charge on any atom is 0.331 e. The fourth-order valence-electron chi connectivity index (χ4n) is 4.59. The molecule has 166 valence electrons. The number of hydrogen-bond acceptors (Lipinski definition) is 7. The highest BCUT2D eigenvalue weighted by Gasteiger charge is 2.29. The number of fused-ring (bicyclic) bond motifs is 1. The topological polar surface area (TPSA) is 124 Å². The van der Waals surface area contributed by atoms with Gasteiger partial charge in [0.05, 0.1) is 6.54 Å². The quantitative estimate of drug-likeness (QED) is 0.625. The summed E-state index contributed by atoms with van der Waals surface area (Å²) >= 11 is 0. The highest BCUT2D eigenvalue weighted by Crippen LogP contribution is 2.37. The van der Waals surface area contributed by atoms with E-state index in [1.54, 1.807) is 11.6 Å². The summed E-state index contributed by atoms with van der Waals surface area (Å²) in [6, 6.07) is 1.84. The number of rotatable bonds is 4. The molecule has 10 nitrogen and oxygen atoms in total. The van der Waals surface area contributed by atoms with Crippen LogP contribution in [0, 0.1) is 13.8 Å². The van der Waals surface area contributed by atoms with Gasteiger partial charge in [-0.15, -0.1) is 0 Å². The summed E-state index contributed by atoms with van der Waals surface area (Å²) in [5.41, 5.74) is 7.23. The van der Waals surface area contributed by atoms with Gasteiger partial charge in [-0.2, -0.15) is 0 Å². The SMILES string of the molecule is CCn1c(N2CCC[C@@H](N)C2)c(O)c2c1c(=O)n(Cc1nc(C)cc(C)n1)c(=O)n2C. The van der Waals surface area contributed by atoms with E-state index < -0.39 is 11.2 Å². The maximum absolute atomic E-state index is 13.5. The molecule has 1 saturated heterocycles. The summed E-state index contributed by atoms with van der Waals surface area (Å²) in [7, 11) is 1.56. The van der Waals surface area contributed by atoms with Crippen LogP contribution in [0.3, 0.4) is 0 Å². The van der Waals surface area contributed by atoms with Gasteiger partial charge in [0.25, 0.3) is 5.56 Å². The van der Waals surface area contributed by atoms with Crippen molar-refractivity contribution < 1.29 is 5.11 Å². The Bertz CT molecular complexity index is 1250. The van der Waals surface area contributed by atoms with E-state index in [-0.39, 0.29) is 23.9 Å². The van der Waals surface area contributed by atoms with Gasteiger partial charge in [0.1, 0.15) is 16.9 Å². The molecule has 1 fully saturated rings. The minimum atomic E-state index is -0.522. The van der Waals surface area contributed by atoms with E-state index in [1.807, 2.05) is 31.7 Å². The third-order valence-electron chi connectivity index (χ3n) is 5.89. The van der Waals surface area contributed by atoms with Gasteiger partial charge in [-0.1, -0.05) is 0 Å². The Morgan fingerprint density at radius 1 is 1.16 bits per heavy atom. The summed E-state index contributed by atoms with van der Waals surface area (Å²) in [4.78, 5) is 37.3. The van der Waals surface area contributed by atoms with Crippen LogP contribution in [0.5, 0.6) is 5.75 Å². The van der Waals surface area contributed by atoms with Crippen LogP contribution in [0.2, 0.25) is 0 Å². The average molecular weight is 428 g/mol. The predicted octanol–water partition coefficient (Wildman–Crippen LogP) is 0.610. The van der Waals surface area contributed by atoms with Crippen LogP contribution in [-0.2, 0) is 20.1 Å². The molecule has 0 aliphatic carbocycles. The van der Waals surface area contributed by atoms with Crippen molar-refractivity contribution in [3.8, 4) is 5.75 Å². The van der Waals surface area contributed by atoms with Crippen molar-refractivity contribution in [2.45, 2.75) is 52.7 Å². The number of nitrogens with zero attached hydrogens (tertiary/aromatic N) is 6. The highest BCUT2D eigenvalue weighted by atomic mass is 16.3. The summed E-state index contributed by atoms with van der Waals surface area (Å²) in [5, 5.41) is 11.1. The average Bonchev–Trinajstić information content (AvgIpc) is 3.01. The number of nitrogens with two attached hydrogens (primary N) is 1. The summed E-state index contributed by atoms with van der Waals surface area (Å²) in [6.07, 6.45) is 1.82. The number of aryl methyl sites for hydroxylation is 4. The molecule has 4 heterocycles. The third-order valence-corrected chi connectivity index (χ3v) is 5.89. The first kappa shape index (κ1) is 21.1. The number of hydrogen-bond donors (Lipinski definition) is 2. The lowest BCUT2D eigenvalue weighted by molar-refractivity contribution is 0.457. The second kappa shape index (κ2) is 7.84. The van der Waals surface area contributed by atoms with Crippen molar-refractivity contribution in [3.63, 3.8) is 0 Å². The van der Waals surface area contributed by atoms with Gasteiger partial charge >= 0.3 is 5.69 Å². The molecule has 0 bridgehead atoms. The van der Waals surface area contributed by atoms with Crippen molar-refractivity contribution in [3.05, 3.63) is 44.1 Å². The Morgan fingerprint density at radius 3 is 2.45 bits per heavy atom. The Hall–Kier alpha value is -3.14. The molecule has 3 aromatic heterocycles. The minimum Gasteiger partial charge on any atom is -0.503 e. The van der Waals surface area contributed by atoms with E-state index in [1.165, 1.54) is 4.57 Å². The van der Waals surface area contributed by atoms with E-state index in [4.69, 9.17) is 5.73 Å². The van der Waals surface area contributed by atoms with Gasteiger partial charge in [0.2, 0.25) is 0 Å². The second-order valence-corrected chi connectivity index (χ2v) is 8.26. The lowest BCUT2D eigenvalue weighted by atomic mass is 10.1. The Labute approximate surface area is 179 Å². The molecule has 0 radical (unpaired) electrons. The second-order valence-electron chi connectivity index (χ2n) is 8.26. The lowest BCUT2D eigenvalue weighted by Crippen LogP contribution is -2.43. The van der Waals surface area contributed by atoms with Crippen LogP contribution < -0.4 is 21.9 Å². The lowest BCUT2D eigenvalue weighted by Gasteiger charge is -2.33. The maximum atomic E-state index is 13.5. The number of anilines is 1. The molecular formula is C21H29N7O3. The van der Waals surface area contributed by atoms with E-state index in [0.717, 1.165) is 35.3 Å². The van der Waals surface area contributed by atoms with Crippen LogP contribution >= 0.6 is 0 Å². The summed E-state index contributed by atoms with van der Waals surface area (Å²) < 4.78 is 4.24. The molecule has 1 atom stereocenters. The van der Waals surface area contributed by atoms with Gasteiger partial charge < -0.3 is 20.3 Å². The first-order valence-corrected chi connectivity index (χ1v) is 10.6. The van der Waals surface area contributed by atoms with E-state index in [2.05, 4.69) is 9.97 Å². The van der Waals surface area contributed by atoms with E-state index in [0.29, 0.717) is 30.2 Å². The van der Waals surface area contributed by atoms with Crippen LogP contribution in [0.4, 0.5) is 5.82 Å². The third kappa shape index (κ3) is 3.50. The molecule has 3 aromatic rings. The molecule has 0 amide bonds. The molecule has 1 aliphatic rings. The number of piperidine rings is 1. The smallest absolute Gasteiger partial charge is 0.331 e. The van der Waals surface area contributed by atoms with Crippen LogP contribution in [-0.4, -0.2) is 47.9 Å². The largest absolute Gasteiger partial charge is 0.503 e. The first-order valence-electron chi connectivity index (χ1n) is 10.6. The molecule has 0 unspecified atom stereocenters. The van der Waals surface area contributed by atoms with Gasteiger partial charge in [-0.25, -0.2) is 14.8 Å². The molecule has 4 rings (SSSR count). The van der Waals surface area contributed by atoms with Gasteiger partial charge in [-0.05, 0) is 39.7 Å². The number of aromatic nitrogens is 5.